The summed E-state index contributed by atoms with van der Waals surface area (Å²) in [5.74, 6) is -0.473. The van der Waals surface area contributed by atoms with E-state index in [1.165, 1.54) is 7.11 Å². The lowest BCUT2D eigenvalue weighted by atomic mass is 10.2. The molecule has 1 aliphatic heterocycles. The number of esters is 1. The van der Waals surface area contributed by atoms with Crippen LogP contribution in [0.25, 0.3) is 0 Å². The lowest BCUT2D eigenvalue weighted by Crippen LogP contribution is -2.50. The van der Waals surface area contributed by atoms with Gasteiger partial charge in [-0.1, -0.05) is 12.1 Å². The standard InChI is InChI=1S/C16H18N4O3S/c1-23-14(21)12-4-2-3-5-13(12)18-15(22)19-7-9-20(10-8-19)16-17-6-11-24-16/h2-6,11H,7-10H2,1H3,(H,18,22). The molecule has 1 aromatic heterocycles. The van der Waals surface area contributed by atoms with E-state index in [0.717, 1.165) is 18.2 Å². The first-order valence-corrected chi connectivity index (χ1v) is 8.44. The topological polar surface area (TPSA) is 74.8 Å². The monoisotopic (exact) mass is 346 g/mol. The third kappa shape index (κ3) is 3.48. The van der Waals surface area contributed by atoms with Gasteiger partial charge in [-0.15, -0.1) is 11.3 Å². The Bertz CT molecular complexity index is 712. The molecule has 8 heteroatoms. The number of para-hydroxylation sites is 1. The fourth-order valence-electron chi connectivity index (χ4n) is 2.55. The molecule has 1 fully saturated rings. The van der Waals surface area contributed by atoms with Crippen molar-refractivity contribution in [2.45, 2.75) is 0 Å². The van der Waals surface area contributed by atoms with Gasteiger partial charge in [0.05, 0.1) is 18.4 Å². The van der Waals surface area contributed by atoms with Crippen molar-refractivity contribution in [3.63, 3.8) is 0 Å². The summed E-state index contributed by atoms with van der Waals surface area (Å²) in [5.41, 5.74) is 0.798. The molecule has 1 saturated heterocycles. The minimum atomic E-state index is -0.473. The number of aromatic nitrogens is 1. The van der Waals surface area contributed by atoms with Crippen molar-refractivity contribution in [1.82, 2.24) is 9.88 Å². The largest absolute Gasteiger partial charge is 0.465 e. The van der Waals surface area contributed by atoms with E-state index < -0.39 is 5.97 Å². The smallest absolute Gasteiger partial charge is 0.339 e. The lowest BCUT2D eigenvalue weighted by Gasteiger charge is -2.34. The Hall–Kier alpha value is -2.61. The zero-order chi connectivity index (χ0) is 16.9. The molecule has 1 aromatic carbocycles. The summed E-state index contributed by atoms with van der Waals surface area (Å²) in [6.07, 6.45) is 1.78. The van der Waals surface area contributed by atoms with Crippen LogP contribution >= 0.6 is 11.3 Å². The van der Waals surface area contributed by atoms with Gasteiger partial charge in [0.2, 0.25) is 0 Å². The Morgan fingerprint density at radius 2 is 1.96 bits per heavy atom. The normalized spacial score (nSPS) is 14.4. The zero-order valence-electron chi connectivity index (χ0n) is 13.3. The van der Waals surface area contributed by atoms with Crippen LogP contribution in [-0.4, -0.2) is 55.2 Å². The van der Waals surface area contributed by atoms with Crippen LogP contribution in [0.2, 0.25) is 0 Å². The molecule has 0 bridgehead atoms. The minimum Gasteiger partial charge on any atom is -0.465 e. The van der Waals surface area contributed by atoms with Gasteiger partial charge >= 0.3 is 12.0 Å². The fourth-order valence-corrected chi connectivity index (χ4v) is 3.24. The number of anilines is 2. The summed E-state index contributed by atoms with van der Waals surface area (Å²) in [6, 6.07) is 6.60. The number of thiazole rings is 1. The maximum absolute atomic E-state index is 12.5. The van der Waals surface area contributed by atoms with Crippen LogP contribution in [0.3, 0.4) is 0 Å². The van der Waals surface area contributed by atoms with Gasteiger partial charge < -0.3 is 19.9 Å². The predicted molar refractivity (Wildman–Crippen MR) is 92.7 cm³/mol. The number of urea groups is 1. The molecule has 126 valence electrons. The number of hydrogen-bond donors (Lipinski definition) is 1. The molecule has 0 unspecified atom stereocenters. The maximum atomic E-state index is 12.5. The SMILES string of the molecule is COC(=O)c1ccccc1NC(=O)N1CCN(c2nccs2)CC1. The van der Waals surface area contributed by atoms with Crippen molar-refractivity contribution in [3.05, 3.63) is 41.4 Å². The van der Waals surface area contributed by atoms with E-state index in [4.69, 9.17) is 4.74 Å². The second kappa shape index (κ2) is 7.31. The summed E-state index contributed by atoms with van der Waals surface area (Å²) in [7, 11) is 1.32. The molecule has 2 aromatic rings. The van der Waals surface area contributed by atoms with Crippen LogP contribution in [0.15, 0.2) is 35.8 Å². The van der Waals surface area contributed by atoms with Crippen LogP contribution in [-0.2, 0) is 4.74 Å². The van der Waals surface area contributed by atoms with Crippen LogP contribution < -0.4 is 10.2 Å². The van der Waals surface area contributed by atoms with E-state index in [2.05, 4.69) is 15.2 Å². The van der Waals surface area contributed by atoms with Gasteiger partial charge in [-0.2, -0.15) is 0 Å². The van der Waals surface area contributed by atoms with Gasteiger partial charge in [0.1, 0.15) is 0 Å². The number of nitrogens with zero attached hydrogens (tertiary/aromatic N) is 3. The highest BCUT2D eigenvalue weighted by molar-refractivity contribution is 7.13. The molecule has 0 atom stereocenters. The summed E-state index contributed by atoms with van der Waals surface area (Å²) in [4.78, 5) is 32.4. The first kappa shape index (κ1) is 16.3. The van der Waals surface area contributed by atoms with E-state index >= 15 is 0 Å². The maximum Gasteiger partial charge on any atom is 0.339 e. The van der Waals surface area contributed by atoms with Gasteiger partial charge in [0, 0.05) is 37.8 Å². The Labute approximate surface area is 143 Å². The Balaban J connectivity index is 1.62. The summed E-state index contributed by atoms with van der Waals surface area (Å²) >= 11 is 1.59. The second-order valence-electron chi connectivity index (χ2n) is 5.26. The molecule has 0 aliphatic carbocycles. The van der Waals surface area contributed by atoms with Gasteiger partial charge in [-0.05, 0) is 12.1 Å². The average Bonchev–Trinajstić information content (AvgIpc) is 3.16. The minimum absolute atomic E-state index is 0.217. The molecular formula is C16H18N4O3S. The van der Waals surface area contributed by atoms with Gasteiger partial charge in [-0.3, -0.25) is 0 Å². The molecule has 0 spiro atoms. The molecule has 7 nitrogen and oxygen atoms in total. The Morgan fingerprint density at radius 1 is 1.21 bits per heavy atom. The van der Waals surface area contributed by atoms with Crippen molar-refractivity contribution >= 4 is 34.2 Å². The predicted octanol–water partition coefficient (Wildman–Crippen LogP) is 2.28. The highest BCUT2D eigenvalue weighted by Crippen LogP contribution is 2.20. The van der Waals surface area contributed by atoms with E-state index in [0.29, 0.717) is 24.3 Å². The number of ether oxygens (including phenoxy) is 1. The van der Waals surface area contributed by atoms with Gasteiger partial charge in [0.25, 0.3) is 0 Å². The number of carbonyl (C=O) groups is 2. The number of hydrogen-bond acceptors (Lipinski definition) is 6. The first-order valence-electron chi connectivity index (χ1n) is 7.57. The molecule has 0 radical (unpaired) electrons. The van der Waals surface area contributed by atoms with E-state index in [9.17, 15) is 9.59 Å². The third-order valence-corrected chi connectivity index (χ3v) is 4.66. The van der Waals surface area contributed by atoms with Crippen LogP contribution in [0.5, 0.6) is 0 Å². The van der Waals surface area contributed by atoms with Crippen molar-refractivity contribution in [2.75, 3.05) is 43.5 Å². The molecular weight excluding hydrogens is 328 g/mol. The zero-order valence-corrected chi connectivity index (χ0v) is 14.1. The molecule has 1 N–H and O–H groups in total. The van der Waals surface area contributed by atoms with E-state index in [1.807, 2.05) is 5.38 Å². The van der Waals surface area contributed by atoms with Crippen molar-refractivity contribution in [2.24, 2.45) is 0 Å². The Morgan fingerprint density at radius 3 is 2.62 bits per heavy atom. The lowest BCUT2D eigenvalue weighted by molar-refractivity contribution is 0.0602. The number of rotatable bonds is 3. The highest BCUT2D eigenvalue weighted by Gasteiger charge is 2.23. The quantitative estimate of drug-likeness (QED) is 0.863. The molecule has 2 heterocycles. The van der Waals surface area contributed by atoms with Gasteiger partial charge in [0.15, 0.2) is 5.13 Å². The molecule has 24 heavy (non-hydrogen) atoms. The van der Waals surface area contributed by atoms with Crippen LogP contribution in [0, 0.1) is 0 Å². The third-order valence-electron chi connectivity index (χ3n) is 3.83. The van der Waals surface area contributed by atoms with E-state index in [-0.39, 0.29) is 6.03 Å². The number of piperazine rings is 1. The van der Waals surface area contributed by atoms with Gasteiger partial charge in [-0.25, -0.2) is 14.6 Å². The summed E-state index contributed by atoms with van der Waals surface area (Å²) in [5, 5.41) is 5.72. The average molecular weight is 346 g/mol. The molecule has 0 saturated carbocycles. The fraction of sp³-hybridized carbons (Fsp3) is 0.312. The number of methoxy groups -OCH3 is 1. The number of carbonyl (C=O) groups excluding carboxylic acids is 2. The summed E-state index contributed by atoms with van der Waals surface area (Å²) < 4.78 is 4.74. The number of nitrogens with one attached hydrogen (secondary N) is 1. The van der Waals surface area contributed by atoms with Crippen molar-refractivity contribution in [1.29, 1.82) is 0 Å². The first-order chi connectivity index (χ1) is 11.7. The van der Waals surface area contributed by atoms with Crippen molar-refractivity contribution in [3.8, 4) is 0 Å². The Kier molecular flexibility index (Phi) is 4.95. The second-order valence-corrected chi connectivity index (χ2v) is 6.13. The van der Waals surface area contributed by atoms with Crippen molar-refractivity contribution < 1.29 is 14.3 Å². The molecule has 2 amide bonds. The van der Waals surface area contributed by atoms with Crippen LogP contribution in [0.1, 0.15) is 10.4 Å². The number of amides is 2. The number of benzene rings is 1. The van der Waals surface area contributed by atoms with Crippen LogP contribution in [0.4, 0.5) is 15.6 Å². The van der Waals surface area contributed by atoms with E-state index in [1.54, 1.807) is 46.7 Å². The molecule has 3 rings (SSSR count). The molecule has 1 aliphatic rings. The summed E-state index contributed by atoms with van der Waals surface area (Å²) in [6.45, 7) is 2.68. The highest BCUT2D eigenvalue weighted by atomic mass is 32.1.